The van der Waals surface area contributed by atoms with E-state index in [1.807, 2.05) is 36.4 Å². The molecule has 0 saturated heterocycles. The second-order valence-corrected chi connectivity index (χ2v) is 8.28. The molecule has 0 radical (unpaired) electrons. The molecule has 0 amide bonds. The van der Waals surface area contributed by atoms with E-state index in [2.05, 4.69) is 4.98 Å². The molecule has 1 aliphatic carbocycles. The second-order valence-electron chi connectivity index (χ2n) is 7.39. The van der Waals surface area contributed by atoms with Gasteiger partial charge in [0.2, 0.25) is 0 Å². The van der Waals surface area contributed by atoms with Gasteiger partial charge in [-0.2, -0.15) is 0 Å². The zero-order chi connectivity index (χ0) is 19.4. The molecule has 1 aromatic heterocycles. The molecule has 2 atom stereocenters. The predicted octanol–water partition coefficient (Wildman–Crippen LogP) is 3.34. The number of nitrogens with one attached hydrogen (secondary N) is 1. The van der Waals surface area contributed by atoms with Crippen LogP contribution in [0.25, 0.3) is 0 Å². The highest BCUT2D eigenvalue weighted by Gasteiger charge is 2.25. The van der Waals surface area contributed by atoms with Crippen LogP contribution >= 0.6 is 0 Å². The SMILES string of the molecule is Cc1ccc(C(CC2CCC(=O)CC2)c2ccc(CS(=O)[O-])cc2)[nH]c1=O. The van der Waals surface area contributed by atoms with Crippen molar-refractivity contribution in [2.24, 2.45) is 5.92 Å². The van der Waals surface area contributed by atoms with Gasteiger partial charge in [-0.1, -0.05) is 41.4 Å². The fraction of sp³-hybridized carbons (Fsp3) is 0.429. The summed E-state index contributed by atoms with van der Waals surface area (Å²) in [5.41, 5.74) is 3.24. The predicted molar refractivity (Wildman–Crippen MR) is 104 cm³/mol. The Morgan fingerprint density at radius 1 is 1.11 bits per heavy atom. The highest BCUT2D eigenvalue weighted by atomic mass is 32.2. The van der Waals surface area contributed by atoms with Gasteiger partial charge in [-0.25, -0.2) is 0 Å². The first kappa shape index (κ1) is 19.7. The lowest BCUT2D eigenvalue weighted by Crippen LogP contribution is -2.20. The molecule has 0 aliphatic heterocycles. The molecule has 1 fully saturated rings. The molecule has 1 heterocycles. The minimum atomic E-state index is -2.11. The Bertz CT molecular complexity index is 878. The lowest BCUT2D eigenvalue weighted by atomic mass is 9.79. The molecular formula is C21H24NO4S-. The molecule has 1 aliphatic rings. The molecule has 144 valence electrons. The molecule has 27 heavy (non-hydrogen) atoms. The monoisotopic (exact) mass is 386 g/mol. The Balaban J connectivity index is 1.88. The van der Waals surface area contributed by atoms with Gasteiger partial charge in [0, 0.05) is 35.8 Å². The first-order chi connectivity index (χ1) is 12.9. The molecule has 6 heteroatoms. The summed E-state index contributed by atoms with van der Waals surface area (Å²) in [7, 11) is 0. The minimum absolute atomic E-state index is 0.00293. The van der Waals surface area contributed by atoms with Crippen LogP contribution in [-0.2, 0) is 21.6 Å². The standard InChI is InChI=1S/C21H25NO4S/c1-14-2-11-20(22-21(14)24)19(12-15-5-9-18(23)10-6-15)17-7-3-16(4-8-17)13-27(25)26/h2-4,7-8,11,15,19H,5-6,9-10,12-13H2,1H3,(H,22,24)(H,25,26)/p-1. The van der Waals surface area contributed by atoms with Crippen LogP contribution in [0, 0.1) is 12.8 Å². The smallest absolute Gasteiger partial charge is 0.251 e. The molecule has 0 spiro atoms. The van der Waals surface area contributed by atoms with Crippen LogP contribution in [0.5, 0.6) is 0 Å². The Kier molecular flexibility index (Phi) is 6.39. The number of benzene rings is 1. The zero-order valence-corrected chi connectivity index (χ0v) is 16.2. The summed E-state index contributed by atoms with van der Waals surface area (Å²) in [5.74, 6) is 0.785. The first-order valence-electron chi connectivity index (χ1n) is 9.28. The van der Waals surface area contributed by atoms with Crippen molar-refractivity contribution in [3.8, 4) is 0 Å². The second kappa shape index (κ2) is 8.76. The van der Waals surface area contributed by atoms with Crippen LogP contribution in [-0.4, -0.2) is 19.5 Å². The third-order valence-electron chi connectivity index (χ3n) is 5.40. The Morgan fingerprint density at radius 3 is 2.37 bits per heavy atom. The van der Waals surface area contributed by atoms with Gasteiger partial charge in [0.1, 0.15) is 5.78 Å². The lowest BCUT2D eigenvalue weighted by molar-refractivity contribution is -0.121. The third kappa shape index (κ3) is 5.23. The van der Waals surface area contributed by atoms with E-state index in [1.54, 1.807) is 6.92 Å². The van der Waals surface area contributed by atoms with Crippen molar-refractivity contribution in [1.82, 2.24) is 4.98 Å². The summed E-state index contributed by atoms with van der Waals surface area (Å²) in [6.07, 6.45) is 3.91. The lowest BCUT2D eigenvalue weighted by Gasteiger charge is -2.27. The Hall–Kier alpha value is -2.05. The van der Waals surface area contributed by atoms with E-state index in [0.717, 1.165) is 36.1 Å². The average Bonchev–Trinajstić information content (AvgIpc) is 2.64. The normalized spacial score (nSPS) is 17.6. The number of ketones is 1. The maximum absolute atomic E-state index is 12.1. The van der Waals surface area contributed by atoms with Crippen molar-refractivity contribution < 1.29 is 13.6 Å². The van der Waals surface area contributed by atoms with Gasteiger partial charge < -0.3 is 9.54 Å². The molecule has 1 aromatic carbocycles. The minimum Gasteiger partial charge on any atom is -0.772 e. The van der Waals surface area contributed by atoms with Crippen molar-refractivity contribution >= 4 is 16.9 Å². The molecule has 2 aromatic rings. The van der Waals surface area contributed by atoms with Gasteiger partial charge in [-0.05, 0) is 49.3 Å². The van der Waals surface area contributed by atoms with E-state index in [0.29, 0.717) is 30.1 Å². The molecule has 3 rings (SSSR count). The van der Waals surface area contributed by atoms with Crippen LogP contribution in [0.4, 0.5) is 0 Å². The largest absolute Gasteiger partial charge is 0.772 e. The summed E-state index contributed by atoms with van der Waals surface area (Å²) in [4.78, 5) is 26.7. The third-order valence-corrected chi connectivity index (χ3v) is 5.97. The fourth-order valence-corrected chi connectivity index (χ4v) is 4.22. The van der Waals surface area contributed by atoms with Crippen LogP contribution in [0.2, 0.25) is 0 Å². The first-order valence-corrected chi connectivity index (χ1v) is 10.5. The Morgan fingerprint density at radius 2 is 1.78 bits per heavy atom. The van der Waals surface area contributed by atoms with Crippen LogP contribution < -0.4 is 5.56 Å². The van der Waals surface area contributed by atoms with Crippen LogP contribution in [0.3, 0.4) is 0 Å². The number of aromatic nitrogens is 1. The number of pyridine rings is 1. The molecule has 1 N–H and O–H groups in total. The van der Waals surface area contributed by atoms with Crippen molar-refractivity contribution in [2.45, 2.75) is 50.7 Å². The van der Waals surface area contributed by atoms with E-state index in [1.165, 1.54) is 0 Å². The van der Waals surface area contributed by atoms with Gasteiger partial charge in [0.15, 0.2) is 0 Å². The number of hydrogen-bond acceptors (Lipinski definition) is 4. The number of aryl methyl sites for hydroxylation is 1. The van der Waals surface area contributed by atoms with E-state index >= 15 is 0 Å². The van der Waals surface area contributed by atoms with Crippen molar-refractivity contribution in [1.29, 1.82) is 0 Å². The number of carbonyl (C=O) groups excluding carboxylic acids is 1. The molecule has 1 saturated carbocycles. The van der Waals surface area contributed by atoms with Gasteiger partial charge in [-0.3, -0.25) is 13.8 Å². The van der Waals surface area contributed by atoms with Gasteiger partial charge in [0.05, 0.1) is 0 Å². The molecule has 0 bridgehead atoms. The Labute approximate surface area is 161 Å². The maximum atomic E-state index is 12.1. The van der Waals surface area contributed by atoms with E-state index in [9.17, 15) is 18.4 Å². The topological polar surface area (TPSA) is 90.1 Å². The fourth-order valence-electron chi connectivity index (χ4n) is 3.76. The van der Waals surface area contributed by atoms with E-state index in [-0.39, 0.29) is 17.2 Å². The van der Waals surface area contributed by atoms with Crippen molar-refractivity contribution in [3.05, 3.63) is 69.1 Å². The quantitative estimate of drug-likeness (QED) is 0.771. The highest BCUT2D eigenvalue weighted by Crippen LogP contribution is 2.35. The maximum Gasteiger partial charge on any atom is 0.251 e. The van der Waals surface area contributed by atoms with Crippen molar-refractivity contribution in [2.75, 3.05) is 0 Å². The number of rotatable bonds is 6. The van der Waals surface area contributed by atoms with Gasteiger partial charge in [-0.15, -0.1) is 0 Å². The van der Waals surface area contributed by atoms with E-state index in [4.69, 9.17) is 0 Å². The zero-order valence-electron chi connectivity index (χ0n) is 15.4. The van der Waals surface area contributed by atoms with E-state index < -0.39 is 11.1 Å². The summed E-state index contributed by atoms with van der Waals surface area (Å²) < 4.78 is 21.8. The molecular weight excluding hydrogens is 362 g/mol. The summed E-state index contributed by atoms with van der Waals surface area (Å²) >= 11 is -2.11. The summed E-state index contributed by atoms with van der Waals surface area (Å²) in [6.45, 7) is 1.78. The van der Waals surface area contributed by atoms with Crippen LogP contribution in [0.15, 0.2) is 41.2 Å². The molecule has 5 nitrogen and oxygen atoms in total. The van der Waals surface area contributed by atoms with Crippen LogP contribution in [0.1, 0.15) is 60.4 Å². The number of H-pyrrole nitrogens is 1. The highest BCUT2D eigenvalue weighted by molar-refractivity contribution is 7.78. The van der Waals surface area contributed by atoms with Gasteiger partial charge in [0.25, 0.3) is 5.56 Å². The number of aromatic amines is 1. The van der Waals surface area contributed by atoms with Crippen molar-refractivity contribution in [3.63, 3.8) is 0 Å². The number of Topliss-reactive ketones (excluding diaryl/α,β-unsaturated/α-hetero) is 1. The van der Waals surface area contributed by atoms with Gasteiger partial charge >= 0.3 is 0 Å². The average molecular weight is 386 g/mol. The number of carbonyl (C=O) groups is 1. The summed E-state index contributed by atoms with van der Waals surface area (Å²) in [6, 6.07) is 11.3. The molecule has 2 unspecified atom stereocenters. The number of hydrogen-bond donors (Lipinski definition) is 1. The summed E-state index contributed by atoms with van der Waals surface area (Å²) in [5, 5.41) is 0.